The zero-order chi connectivity index (χ0) is 42.7. The van der Waals surface area contributed by atoms with E-state index in [1.807, 2.05) is 0 Å². The van der Waals surface area contributed by atoms with Gasteiger partial charge >= 0.3 is 11.9 Å². The molecule has 0 bridgehead atoms. The smallest absolute Gasteiger partial charge is 0.306 e. The van der Waals surface area contributed by atoms with Crippen molar-refractivity contribution >= 4 is 22.1 Å². The molecule has 0 spiro atoms. The van der Waals surface area contributed by atoms with Gasteiger partial charge in [-0.1, -0.05) is 140 Å². The molecule has 338 valence electrons. The second-order valence-electron chi connectivity index (χ2n) is 15.7. The third kappa shape index (κ3) is 30.0. The average molecular weight is 845 g/mol. The van der Waals surface area contributed by atoms with Gasteiger partial charge in [-0.15, -0.1) is 0 Å². The van der Waals surface area contributed by atoms with Crippen LogP contribution in [0, 0.1) is 0 Å². The number of aliphatic hydroxyl groups excluding tert-OH is 3. The van der Waals surface area contributed by atoms with Crippen molar-refractivity contribution in [2.24, 2.45) is 0 Å². The van der Waals surface area contributed by atoms with Gasteiger partial charge in [0.1, 0.15) is 36.8 Å². The molecule has 6 atom stereocenters. The van der Waals surface area contributed by atoms with Crippen LogP contribution in [0.4, 0.5) is 0 Å². The van der Waals surface area contributed by atoms with Crippen molar-refractivity contribution in [1.82, 2.24) is 0 Å². The van der Waals surface area contributed by atoms with E-state index in [0.717, 1.165) is 70.6 Å². The number of hydrogen-bond acceptors (Lipinski definition) is 11. The van der Waals surface area contributed by atoms with Gasteiger partial charge < -0.3 is 34.3 Å². The van der Waals surface area contributed by atoms with Gasteiger partial charge in [0.15, 0.2) is 12.4 Å². The summed E-state index contributed by atoms with van der Waals surface area (Å²) in [4.78, 5) is 25.4. The summed E-state index contributed by atoms with van der Waals surface area (Å²) in [6.45, 7) is 3.69. The molecule has 58 heavy (non-hydrogen) atoms. The standard InChI is InChI=1S/C45H80O12S/c1-3-5-7-9-11-13-15-17-19-21-23-25-27-29-31-33-40(46)54-35-38(36-55-45-44(50)43(49)42(48)39(57-45)37-58(51,52)53)56-41(47)34-32-30-28-26-24-22-20-18-16-14-12-10-8-6-4-2/h10-13,17,19,38-39,42-45,48-50H,3-9,14-16,18,20-37H2,1-2H3,(H,51,52,53)/b12-10+,13-11+,19-17+/t38-,39-,42-,43?,44?,45+/m1/s1. The molecule has 1 aliphatic rings. The summed E-state index contributed by atoms with van der Waals surface area (Å²) < 4.78 is 54.0. The molecule has 1 rings (SSSR count). The number of carbonyl (C=O) groups excluding carboxylic acids is 2. The minimum atomic E-state index is -4.60. The van der Waals surface area contributed by atoms with Gasteiger partial charge in [0, 0.05) is 12.8 Å². The Kier molecular flexibility index (Phi) is 33.1. The van der Waals surface area contributed by atoms with Crippen molar-refractivity contribution in [2.45, 2.75) is 218 Å². The summed E-state index contributed by atoms with van der Waals surface area (Å²) in [6, 6.07) is 0. The Bertz CT molecular complexity index is 1220. The molecule has 1 aliphatic heterocycles. The van der Waals surface area contributed by atoms with E-state index in [2.05, 4.69) is 50.3 Å². The quantitative estimate of drug-likeness (QED) is 0.0202. The van der Waals surface area contributed by atoms with Crippen LogP contribution in [0.1, 0.15) is 181 Å². The lowest BCUT2D eigenvalue weighted by atomic mass is 10.00. The first-order chi connectivity index (χ1) is 28.0. The molecule has 12 nitrogen and oxygen atoms in total. The largest absolute Gasteiger partial charge is 0.462 e. The van der Waals surface area contributed by atoms with Crippen LogP contribution >= 0.6 is 0 Å². The van der Waals surface area contributed by atoms with Crippen LogP contribution in [-0.2, 0) is 38.7 Å². The maximum Gasteiger partial charge on any atom is 0.306 e. The highest BCUT2D eigenvalue weighted by atomic mass is 32.2. The Morgan fingerprint density at radius 3 is 1.59 bits per heavy atom. The number of rotatable bonds is 37. The molecular weight excluding hydrogens is 765 g/mol. The first kappa shape index (κ1) is 53.9. The maximum atomic E-state index is 12.8. The normalized spacial score (nSPS) is 20.7. The predicted octanol–water partition coefficient (Wildman–Crippen LogP) is 9.00. The SMILES string of the molecule is CCCC/C=C/CCCCCCCCCCCC(=O)O[C@H](COC(=O)CCCCCCC/C=C/C/C=C/CCCCC)CO[C@H]1O[C@H](CS(=O)(=O)O)[C@@H](O)C(O)C1O. The summed E-state index contributed by atoms with van der Waals surface area (Å²) >= 11 is 0. The Morgan fingerprint density at radius 2 is 1.05 bits per heavy atom. The zero-order valence-electron chi connectivity index (χ0n) is 35.9. The highest BCUT2D eigenvalue weighted by Gasteiger charge is 2.46. The van der Waals surface area contributed by atoms with Gasteiger partial charge in [0.2, 0.25) is 0 Å². The predicted molar refractivity (Wildman–Crippen MR) is 229 cm³/mol. The van der Waals surface area contributed by atoms with Crippen molar-refractivity contribution in [1.29, 1.82) is 0 Å². The van der Waals surface area contributed by atoms with E-state index in [1.54, 1.807) is 0 Å². The van der Waals surface area contributed by atoms with Crippen LogP contribution in [0.2, 0.25) is 0 Å². The molecule has 13 heteroatoms. The first-order valence-corrected chi connectivity index (χ1v) is 24.2. The average Bonchev–Trinajstić information content (AvgIpc) is 3.18. The Morgan fingerprint density at radius 1 is 0.586 bits per heavy atom. The summed E-state index contributed by atoms with van der Waals surface area (Å²) in [5.41, 5.74) is 0. The van der Waals surface area contributed by atoms with Crippen molar-refractivity contribution in [3.05, 3.63) is 36.5 Å². The highest BCUT2D eigenvalue weighted by Crippen LogP contribution is 2.24. The van der Waals surface area contributed by atoms with Crippen molar-refractivity contribution in [3.63, 3.8) is 0 Å². The number of allylic oxidation sites excluding steroid dienone is 6. The Hall–Kier alpha value is -2.13. The van der Waals surface area contributed by atoms with Crippen LogP contribution < -0.4 is 0 Å². The molecular formula is C45H80O12S. The molecule has 2 unspecified atom stereocenters. The Balaban J connectivity index is 2.46. The van der Waals surface area contributed by atoms with Crippen molar-refractivity contribution < 1.29 is 56.8 Å². The van der Waals surface area contributed by atoms with Gasteiger partial charge in [-0.3, -0.25) is 14.1 Å². The lowest BCUT2D eigenvalue weighted by Crippen LogP contribution is -2.60. The molecule has 0 amide bonds. The fourth-order valence-electron chi connectivity index (χ4n) is 6.63. The van der Waals surface area contributed by atoms with E-state index in [9.17, 15) is 37.9 Å². The molecule has 0 aromatic rings. The number of carbonyl (C=O) groups is 2. The number of hydrogen-bond donors (Lipinski definition) is 4. The van der Waals surface area contributed by atoms with E-state index < -0.39 is 71.2 Å². The molecule has 1 saturated heterocycles. The molecule has 0 radical (unpaired) electrons. The third-order valence-electron chi connectivity index (χ3n) is 10.2. The number of esters is 2. The van der Waals surface area contributed by atoms with Gasteiger partial charge in [-0.2, -0.15) is 8.42 Å². The highest BCUT2D eigenvalue weighted by molar-refractivity contribution is 7.85. The molecule has 0 aliphatic carbocycles. The van der Waals surface area contributed by atoms with E-state index in [1.165, 1.54) is 70.6 Å². The van der Waals surface area contributed by atoms with Gasteiger partial charge in [-0.25, -0.2) is 0 Å². The van der Waals surface area contributed by atoms with Crippen LogP contribution in [0.25, 0.3) is 0 Å². The molecule has 1 fully saturated rings. The van der Waals surface area contributed by atoms with Gasteiger partial charge in [0.05, 0.1) is 6.61 Å². The van der Waals surface area contributed by atoms with E-state index in [0.29, 0.717) is 12.8 Å². The fourth-order valence-corrected chi connectivity index (χ4v) is 7.32. The van der Waals surface area contributed by atoms with Crippen LogP contribution in [0.5, 0.6) is 0 Å². The first-order valence-electron chi connectivity index (χ1n) is 22.5. The number of ether oxygens (including phenoxy) is 4. The van der Waals surface area contributed by atoms with Crippen LogP contribution in [0.15, 0.2) is 36.5 Å². The number of unbranched alkanes of at least 4 members (excludes halogenated alkanes) is 19. The summed E-state index contributed by atoms with van der Waals surface area (Å²) in [5, 5.41) is 30.9. The second kappa shape index (κ2) is 35.6. The summed E-state index contributed by atoms with van der Waals surface area (Å²) in [6.07, 6.45) is 30.4. The van der Waals surface area contributed by atoms with E-state index in [-0.39, 0.29) is 19.4 Å². The summed E-state index contributed by atoms with van der Waals surface area (Å²) in [5.74, 6) is -2.00. The van der Waals surface area contributed by atoms with Crippen molar-refractivity contribution in [3.8, 4) is 0 Å². The minimum Gasteiger partial charge on any atom is -0.462 e. The van der Waals surface area contributed by atoms with Crippen LogP contribution in [0.3, 0.4) is 0 Å². The fraction of sp³-hybridized carbons (Fsp3) is 0.822. The Labute approximate surface area is 351 Å². The zero-order valence-corrected chi connectivity index (χ0v) is 36.7. The lowest BCUT2D eigenvalue weighted by molar-refractivity contribution is -0.297. The monoisotopic (exact) mass is 845 g/mol. The molecule has 0 aromatic carbocycles. The molecule has 4 N–H and O–H groups in total. The van der Waals surface area contributed by atoms with Gasteiger partial charge in [-0.05, 0) is 64.2 Å². The second-order valence-corrected chi connectivity index (χ2v) is 17.2. The minimum absolute atomic E-state index is 0.159. The van der Waals surface area contributed by atoms with Gasteiger partial charge in [0.25, 0.3) is 10.1 Å². The van der Waals surface area contributed by atoms with Crippen LogP contribution in [-0.4, -0.2) is 96.0 Å². The third-order valence-corrected chi connectivity index (χ3v) is 10.9. The number of aliphatic hydroxyl groups is 3. The van der Waals surface area contributed by atoms with E-state index in [4.69, 9.17) is 18.9 Å². The maximum absolute atomic E-state index is 12.8. The molecule has 0 saturated carbocycles. The van der Waals surface area contributed by atoms with Crippen molar-refractivity contribution in [2.75, 3.05) is 19.0 Å². The molecule has 0 aromatic heterocycles. The summed E-state index contributed by atoms with van der Waals surface area (Å²) in [7, 11) is -4.60. The topological polar surface area (TPSA) is 186 Å². The lowest BCUT2D eigenvalue weighted by Gasteiger charge is -2.40. The molecule has 1 heterocycles. The van der Waals surface area contributed by atoms with E-state index >= 15 is 0 Å².